The fraction of sp³-hybridized carbons (Fsp3) is 0.214. The Kier molecular flexibility index (Phi) is 3.94. The van der Waals surface area contributed by atoms with Gasteiger partial charge in [-0.3, -0.25) is 4.79 Å². The third kappa shape index (κ3) is 3.49. The van der Waals surface area contributed by atoms with E-state index in [1.807, 2.05) is 0 Å². The second-order valence-corrected chi connectivity index (χ2v) is 7.06. The molecule has 22 heavy (non-hydrogen) atoms. The van der Waals surface area contributed by atoms with E-state index in [1.54, 1.807) is 24.3 Å². The van der Waals surface area contributed by atoms with Crippen molar-refractivity contribution in [1.82, 2.24) is 4.72 Å². The summed E-state index contributed by atoms with van der Waals surface area (Å²) in [6.45, 7) is 0. The molecule has 1 aliphatic carbocycles. The van der Waals surface area contributed by atoms with Gasteiger partial charge in [-0.2, -0.15) is 0 Å². The van der Waals surface area contributed by atoms with Crippen LogP contribution in [0, 0.1) is 0 Å². The molecule has 0 saturated heterocycles. The number of carbonyl (C=O) groups excluding carboxylic acids is 1. The van der Waals surface area contributed by atoms with Crippen LogP contribution in [-0.2, 0) is 10.0 Å². The summed E-state index contributed by atoms with van der Waals surface area (Å²) in [5, 5.41) is 2.80. The average molecular weight is 341 g/mol. The summed E-state index contributed by atoms with van der Waals surface area (Å²) in [6, 6.07) is 9.17. The molecule has 116 valence electrons. The molecule has 0 unspecified atom stereocenters. The number of nitrogens with one attached hydrogen (secondary N) is 2. The van der Waals surface area contributed by atoms with Gasteiger partial charge in [0.25, 0.3) is 15.9 Å². The summed E-state index contributed by atoms with van der Waals surface area (Å²) >= 11 is 5.83. The van der Waals surface area contributed by atoms with E-state index in [0.717, 1.165) is 12.8 Å². The normalized spacial score (nSPS) is 14.8. The Morgan fingerprint density at radius 2 is 2.00 bits per heavy atom. The van der Waals surface area contributed by atoms with Gasteiger partial charge in [-0.05, 0) is 43.2 Å². The lowest BCUT2D eigenvalue weighted by molar-refractivity contribution is 0.0991. The molecule has 2 aromatic rings. The zero-order valence-corrected chi connectivity index (χ0v) is 12.9. The Labute approximate surface area is 132 Å². The zero-order chi connectivity index (χ0) is 15.7. The van der Waals surface area contributed by atoms with Gasteiger partial charge in [-0.1, -0.05) is 17.7 Å². The van der Waals surface area contributed by atoms with Crippen LogP contribution in [0.1, 0.15) is 23.4 Å². The molecule has 1 aromatic carbocycles. The number of sulfonamides is 1. The highest BCUT2D eigenvalue weighted by molar-refractivity contribution is 7.89. The number of furan rings is 1. The minimum absolute atomic E-state index is 0.0289. The van der Waals surface area contributed by atoms with Crippen molar-refractivity contribution in [3.63, 3.8) is 0 Å². The topological polar surface area (TPSA) is 88.4 Å². The van der Waals surface area contributed by atoms with Gasteiger partial charge < -0.3 is 9.73 Å². The van der Waals surface area contributed by atoms with E-state index in [9.17, 15) is 13.2 Å². The van der Waals surface area contributed by atoms with E-state index < -0.39 is 15.9 Å². The molecule has 1 fully saturated rings. The van der Waals surface area contributed by atoms with Crippen molar-refractivity contribution in [2.45, 2.75) is 24.0 Å². The lowest BCUT2D eigenvalue weighted by atomic mass is 10.3. The SMILES string of the molecule is O=C(Nc1cccc(Cl)c1)c1ccc(S(=O)(=O)NC2CC2)o1. The predicted octanol–water partition coefficient (Wildman–Crippen LogP) is 2.63. The maximum Gasteiger partial charge on any atom is 0.291 e. The Morgan fingerprint density at radius 1 is 1.23 bits per heavy atom. The molecule has 6 nitrogen and oxygen atoms in total. The number of halogens is 1. The van der Waals surface area contributed by atoms with Gasteiger partial charge in [-0.25, -0.2) is 13.1 Å². The molecule has 8 heteroatoms. The van der Waals surface area contributed by atoms with E-state index in [-0.39, 0.29) is 16.9 Å². The van der Waals surface area contributed by atoms with Gasteiger partial charge >= 0.3 is 0 Å². The fourth-order valence-corrected chi connectivity index (χ4v) is 3.25. The molecule has 0 aliphatic heterocycles. The zero-order valence-electron chi connectivity index (χ0n) is 11.4. The number of hydrogen-bond acceptors (Lipinski definition) is 4. The number of rotatable bonds is 5. The van der Waals surface area contributed by atoms with Crippen LogP contribution in [0.3, 0.4) is 0 Å². The number of carbonyl (C=O) groups is 1. The van der Waals surface area contributed by atoms with Crippen molar-refractivity contribution in [3.05, 3.63) is 47.2 Å². The minimum atomic E-state index is -3.71. The molecule has 1 heterocycles. The minimum Gasteiger partial charge on any atom is -0.438 e. The van der Waals surface area contributed by atoms with Crippen LogP contribution in [0.25, 0.3) is 0 Å². The lowest BCUT2D eigenvalue weighted by Crippen LogP contribution is -2.25. The van der Waals surface area contributed by atoms with E-state index >= 15 is 0 Å². The van der Waals surface area contributed by atoms with Crippen LogP contribution < -0.4 is 10.0 Å². The van der Waals surface area contributed by atoms with Crippen LogP contribution in [0.15, 0.2) is 45.9 Å². The van der Waals surface area contributed by atoms with Crippen molar-refractivity contribution >= 4 is 33.2 Å². The highest BCUT2D eigenvalue weighted by Crippen LogP contribution is 2.23. The highest BCUT2D eigenvalue weighted by Gasteiger charge is 2.30. The molecule has 3 rings (SSSR count). The number of benzene rings is 1. The van der Waals surface area contributed by atoms with Gasteiger partial charge in [0.1, 0.15) is 0 Å². The van der Waals surface area contributed by atoms with Crippen molar-refractivity contribution in [2.24, 2.45) is 0 Å². The molecule has 0 spiro atoms. The summed E-state index contributed by atoms with van der Waals surface area (Å²) in [4.78, 5) is 12.0. The quantitative estimate of drug-likeness (QED) is 0.875. The third-order valence-corrected chi connectivity index (χ3v) is 4.68. The standard InChI is InChI=1S/C14H13ClN2O4S/c15-9-2-1-3-11(8-9)16-14(18)12-6-7-13(21-12)22(19,20)17-10-4-5-10/h1-3,6-8,10,17H,4-5H2,(H,16,18). The summed E-state index contributed by atoms with van der Waals surface area (Å²) in [5.41, 5.74) is 0.495. The second kappa shape index (κ2) is 5.75. The first-order valence-electron chi connectivity index (χ1n) is 6.63. The summed E-state index contributed by atoms with van der Waals surface area (Å²) in [7, 11) is -3.71. The smallest absolute Gasteiger partial charge is 0.291 e. The molecule has 1 amide bonds. The Morgan fingerprint density at radius 3 is 2.68 bits per heavy atom. The van der Waals surface area contributed by atoms with E-state index in [1.165, 1.54) is 12.1 Å². The first-order chi connectivity index (χ1) is 10.4. The van der Waals surface area contributed by atoms with Gasteiger partial charge in [-0.15, -0.1) is 0 Å². The first kappa shape index (κ1) is 15.1. The first-order valence-corrected chi connectivity index (χ1v) is 8.49. The lowest BCUT2D eigenvalue weighted by Gasteiger charge is -2.04. The van der Waals surface area contributed by atoms with E-state index in [4.69, 9.17) is 16.0 Å². The number of amides is 1. The van der Waals surface area contributed by atoms with Crippen LogP contribution in [0.5, 0.6) is 0 Å². The number of anilines is 1. The molecular formula is C14H13ClN2O4S. The molecular weight excluding hydrogens is 328 g/mol. The Balaban J connectivity index is 1.74. The van der Waals surface area contributed by atoms with Crippen molar-refractivity contribution in [1.29, 1.82) is 0 Å². The van der Waals surface area contributed by atoms with Crippen LogP contribution >= 0.6 is 11.6 Å². The van der Waals surface area contributed by atoms with E-state index in [2.05, 4.69) is 10.0 Å². The number of hydrogen-bond donors (Lipinski definition) is 2. The molecule has 1 aromatic heterocycles. The van der Waals surface area contributed by atoms with Gasteiger partial charge in [0.2, 0.25) is 5.09 Å². The molecule has 0 radical (unpaired) electrons. The van der Waals surface area contributed by atoms with Crippen molar-refractivity contribution in [2.75, 3.05) is 5.32 Å². The molecule has 2 N–H and O–H groups in total. The average Bonchev–Trinajstić information content (AvgIpc) is 3.09. The van der Waals surface area contributed by atoms with Crippen LogP contribution in [-0.4, -0.2) is 20.4 Å². The highest BCUT2D eigenvalue weighted by atomic mass is 35.5. The van der Waals surface area contributed by atoms with E-state index in [0.29, 0.717) is 10.7 Å². The molecule has 0 bridgehead atoms. The maximum absolute atomic E-state index is 12.0. The van der Waals surface area contributed by atoms with Gasteiger partial charge in [0, 0.05) is 16.8 Å². The Bertz CT molecular complexity index is 812. The summed E-state index contributed by atoms with van der Waals surface area (Å²) in [6.07, 6.45) is 1.64. The molecule has 1 saturated carbocycles. The predicted molar refractivity (Wildman–Crippen MR) is 81.5 cm³/mol. The molecule has 0 atom stereocenters. The largest absolute Gasteiger partial charge is 0.438 e. The fourth-order valence-electron chi connectivity index (χ4n) is 1.82. The van der Waals surface area contributed by atoms with Crippen LogP contribution in [0.4, 0.5) is 5.69 Å². The van der Waals surface area contributed by atoms with Crippen LogP contribution in [0.2, 0.25) is 5.02 Å². The van der Waals surface area contributed by atoms with Gasteiger partial charge in [0.05, 0.1) is 0 Å². The summed E-state index contributed by atoms with van der Waals surface area (Å²) in [5.74, 6) is -0.633. The Hall–Kier alpha value is -1.83. The van der Waals surface area contributed by atoms with Gasteiger partial charge in [0.15, 0.2) is 5.76 Å². The maximum atomic E-state index is 12.0. The summed E-state index contributed by atoms with van der Waals surface area (Å²) < 4.78 is 31.6. The van der Waals surface area contributed by atoms with Crippen molar-refractivity contribution in [3.8, 4) is 0 Å². The second-order valence-electron chi connectivity index (χ2n) is 4.98. The molecule has 1 aliphatic rings. The third-order valence-electron chi connectivity index (χ3n) is 3.05. The van der Waals surface area contributed by atoms with Crippen molar-refractivity contribution < 1.29 is 17.6 Å². The monoisotopic (exact) mass is 340 g/mol.